The molecule has 78 valence electrons. The minimum atomic E-state index is -0.376. The molecular formula is C9H20N2O2. The summed E-state index contributed by atoms with van der Waals surface area (Å²) in [5.74, 6) is 0.524. The molecule has 0 fully saturated rings. The molecule has 0 spiro atoms. The van der Waals surface area contributed by atoms with Crippen molar-refractivity contribution in [3.8, 4) is 0 Å². The maximum Gasteiger partial charge on any atom is 0.407 e. The molecule has 3 N–H and O–H groups in total. The first-order valence-electron chi connectivity index (χ1n) is 4.73. The van der Waals surface area contributed by atoms with Crippen LogP contribution in [0.25, 0.3) is 0 Å². The number of nitrogens with one attached hydrogen (secondary N) is 1. The topological polar surface area (TPSA) is 64.3 Å². The number of ether oxygens (including phenoxy) is 1. The fraction of sp³-hybridized carbons (Fsp3) is 0.889. The van der Waals surface area contributed by atoms with Crippen LogP contribution < -0.4 is 11.1 Å². The van der Waals surface area contributed by atoms with Crippen molar-refractivity contribution in [2.75, 3.05) is 13.2 Å². The summed E-state index contributed by atoms with van der Waals surface area (Å²) in [4.78, 5) is 11.0. The van der Waals surface area contributed by atoms with E-state index in [-0.39, 0.29) is 12.1 Å². The third kappa shape index (κ3) is 6.40. The Labute approximate surface area is 79.8 Å². The third-order valence-corrected chi connectivity index (χ3v) is 1.64. The predicted molar refractivity (Wildman–Crippen MR) is 52.5 cm³/mol. The molecule has 0 aromatic heterocycles. The molecule has 4 heteroatoms. The molecule has 0 aliphatic rings. The van der Waals surface area contributed by atoms with Gasteiger partial charge in [0, 0.05) is 12.6 Å². The highest BCUT2D eigenvalue weighted by molar-refractivity contribution is 5.67. The lowest BCUT2D eigenvalue weighted by Crippen LogP contribution is -2.41. The van der Waals surface area contributed by atoms with Crippen molar-refractivity contribution in [1.82, 2.24) is 5.32 Å². The van der Waals surface area contributed by atoms with Crippen molar-refractivity contribution >= 4 is 6.09 Å². The van der Waals surface area contributed by atoms with Crippen molar-refractivity contribution in [3.05, 3.63) is 0 Å². The fourth-order valence-electron chi connectivity index (χ4n) is 1.12. The SMILES string of the molecule is CCOC(=O)N[C@H](CN)CC(C)C. The zero-order chi connectivity index (χ0) is 10.3. The first kappa shape index (κ1) is 12.2. The Morgan fingerprint density at radius 3 is 2.54 bits per heavy atom. The summed E-state index contributed by atoms with van der Waals surface area (Å²) in [6.45, 7) is 6.81. The molecule has 0 aliphatic heterocycles. The Hall–Kier alpha value is -0.770. The van der Waals surface area contributed by atoms with Crippen LogP contribution in [0.15, 0.2) is 0 Å². The van der Waals surface area contributed by atoms with E-state index in [1.165, 1.54) is 0 Å². The number of hydrogen-bond donors (Lipinski definition) is 2. The van der Waals surface area contributed by atoms with Crippen molar-refractivity contribution in [2.45, 2.75) is 33.2 Å². The molecule has 0 rings (SSSR count). The van der Waals surface area contributed by atoms with E-state index < -0.39 is 0 Å². The Bertz CT molecular complexity index is 149. The Morgan fingerprint density at radius 1 is 1.54 bits per heavy atom. The lowest BCUT2D eigenvalue weighted by molar-refractivity contribution is 0.147. The molecule has 0 saturated carbocycles. The molecule has 13 heavy (non-hydrogen) atoms. The van der Waals surface area contributed by atoms with E-state index >= 15 is 0 Å². The van der Waals surface area contributed by atoms with Crippen LogP contribution in [-0.4, -0.2) is 25.3 Å². The summed E-state index contributed by atoms with van der Waals surface area (Å²) in [7, 11) is 0. The summed E-state index contributed by atoms with van der Waals surface area (Å²) in [5.41, 5.74) is 5.50. The first-order valence-corrected chi connectivity index (χ1v) is 4.73. The average Bonchev–Trinajstić information content (AvgIpc) is 2.02. The summed E-state index contributed by atoms with van der Waals surface area (Å²) in [6.07, 6.45) is 0.508. The van der Waals surface area contributed by atoms with E-state index in [9.17, 15) is 4.79 Å². The lowest BCUT2D eigenvalue weighted by atomic mass is 10.0. The molecule has 4 nitrogen and oxygen atoms in total. The van der Waals surface area contributed by atoms with Gasteiger partial charge in [0.15, 0.2) is 0 Å². The maximum absolute atomic E-state index is 11.0. The van der Waals surface area contributed by atoms with E-state index in [2.05, 4.69) is 19.2 Å². The summed E-state index contributed by atoms with van der Waals surface area (Å²) >= 11 is 0. The molecule has 0 saturated heterocycles. The van der Waals surface area contributed by atoms with E-state index in [0.29, 0.717) is 19.1 Å². The van der Waals surface area contributed by atoms with Gasteiger partial charge in [-0.05, 0) is 19.3 Å². The number of rotatable bonds is 5. The van der Waals surface area contributed by atoms with Crippen LogP contribution in [0.5, 0.6) is 0 Å². The predicted octanol–water partition coefficient (Wildman–Crippen LogP) is 1.11. The van der Waals surface area contributed by atoms with Gasteiger partial charge < -0.3 is 15.8 Å². The molecule has 1 amide bonds. The van der Waals surface area contributed by atoms with Crippen LogP contribution in [0, 0.1) is 5.92 Å². The van der Waals surface area contributed by atoms with Gasteiger partial charge in [0.05, 0.1) is 6.61 Å². The van der Waals surface area contributed by atoms with Crippen LogP contribution in [0.4, 0.5) is 4.79 Å². The van der Waals surface area contributed by atoms with Crippen LogP contribution >= 0.6 is 0 Å². The van der Waals surface area contributed by atoms with Gasteiger partial charge in [0.1, 0.15) is 0 Å². The molecule has 1 atom stereocenters. The van der Waals surface area contributed by atoms with Crippen molar-refractivity contribution in [2.24, 2.45) is 11.7 Å². The highest BCUT2D eigenvalue weighted by Gasteiger charge is 2.12. The number of nitrogens with two attached hydrogens (primary N) is 1. The third-order valence-electron chi connectivity index (χ3n) is 1.64. The fourth-order valence-corrected chi connectivity index (χ4v) is 1.12. The second-order valence-corrected chi connectivity index (χ2v) is 3.43. The van der Waals surface area contributed by atoms with Gasteiger partial charge in [0.2, 0.25) is 0 Å². The molecule has 0 aromatic carbocycles. The van der Waals surface area contributed by atoms with Gasteiger partial charge in [-0.3, -0.25) is 0 Å². The molecule has 0 heterocycles. The van der Waals surface area contributed by atoms with E-state index in [4.69, 9.17) is 10.5 Å². The first-order chi connectivity index (χ1) is 6.10. The maximum atomic E-state index is 11.0. The number of carbonyl (C=O) groups excluding carboxylic acids is 1. The molecular weight excluding hydrogens is 168 g/mol. The van der Waals surface area contributed by atoms with Crippen molar-refractivity contribution in [1.29, 1.82) is 0 Å². The molecule has 0 bridgehead atoms. The van der Waals surface area contributed by atoms with Gasteiger partial charge >= 0.3 is 6.09 Å². The minimum Gasteiger partial charge on any atom is -0.450 e. The van der Waals surface area contributed by atoms with Crippen LogP contribution in [0.2, 0.25) is 0 Å². The van der Waals surface area contributed by atoms with Crippen molar-refractivity contribution < 1.29 is 9.53 Å². The quantitative estimate of drug-likeness (QED) is 0.679. The Balaban J connectivity index is 3.76. The second kappa shape index (κ2) is 6.71. The van der Waals surface area contributed by atoms with Gasteiger partial charge in [0.25, 0.3) is 0 Å². The highest BCUT2D eigenvalue weighted by Crippen LogP contribution is 2.03. The molecule has 0 aromatic rings. The summed E-state index contributed by atoms with van der Waals surface area (Å²) < 4.78 is 4.75. The van der Waals surface area contributed by atoms with Gasteiger partial charge in [-0.2, -0.15) is 0 Å². The number of carbonyl (C=O) groups is 1. The van der Waals surface area contributed by atoms with Gasteiger partial charge in [-0.25, -0.2) is 4.79 Å². The molecule has 0 radical (unpaired) electrons. The van der Waals surface area contributed by atoms with E-state index in [1.54, 1.807) is 6.92 Å². The van der Waals surface area contributed by atoms with Crippen molar-refractivity contribution in [3.63, 3.8) is 0 Å². The second-order valence-electron chi connectivity index (χ2n) is 3.43. The normalized spacial score (nSPS) is 12.7. The highest BCUT2D eigenvalue weighted by atomic mass is 16.5. The number of alkyl carbamates (subject to hydrolysis) is 1. The average molecular weight is 188 g/mol. The minimum absolute atomic E-state index is 0.0269. The number of amides is 1. The summed E-state index contributed by atoms with van der Waals surface area (Å²) in [5, 5.41) is 2.71. The zero-order valence-corrected chi connectivity index (χ0v) is 8.67. The standard InChI is InChI=1S/C9H20N2O2/c1-4-13-9(12)11-8(6-10)5-7(2)3/h7-8H,4-6,10H2,1-3H3,(H,11,12)/t8-/m0/s1. The zero-order valence-electron chi connectivity index (χ0n) is 8.67. The smallest absolute Gasteiger partial charge is 0.407 e. The van der Waals surface area contributed by atoms with Gasteiger partial charge in [-0.1, -0.05) is 13.8 Å². The van der Waals surface area contributed by atoms with E-state index in [0.717, 1.165) is 6.42 Å². The van der Waals surface area contributed by atoms with Gasteiger partial charge in [-0.15, -0.1) is 0 Å². The van der Waals surface area contributed by atoms with E-state index in [1.807, 2.05) is 0 Å². The Morgan fingerprint density at radius 2 is 2.15 bits per heavy atom. The molecule has 0 aliphatic carbocycles. The van der Waals surface area contributed by atoms with Crippen LogP contribution in [0.3, 0.4) is 0 Å². The number of hydrogen-bond acceptors (Lipinski definition) is 3. The molecule has 0 unspecified atom stereocenters. The monoisotopic (exact) mass is 188 g/mol. The van der Waals surface area contributed by atoms with Crippen LogP contribution in [-0.2, 0) is 4.74 Å². The van der Waals surface area contributed by atoms with Crippen LogP contribution in [0.1, 0.15) is 27.2 Å². The lowest BCUT2D eigenvalue weighted by Gasteiger charge is -2.18. The summed E-state index contributed by atoms with van der Waals surface area (Å²) in [6, 6.07) is 0.0269. The Kier molecular flexibility index (Phi) is 6.32. The largest absolute Gasteiger partial charge is 0.450 e.